The van der Waals surface area contributed by atoms with Crippen molar-refractivity contribution in [3.05, 3.63) is 21.9 Å². The predicted octanol–water partition coefficient (Wildman–Crippen LogP) is 2.63. The van der Waals surface area contributed by atoms with Gasteiger partial charge in [-0.1, -0.05) is 23.2 Å². The van der Waals surface area contributed by atoms with Gasteiger partial charge in [-0.2, -0.15) is 0 Å². The third-order valence-corrected chi connectivity index (χ3v) is 1.80. The Morgan fingerprint density at radius 3 is 2.25 bits per heavy atom. The number of aromatic amines is 1. The number of nitrogens with one attached hydrogen (secondary N) is 1. The summed E-state index contributed by atoms with van der Waals surface area (Å²) in [5, 5.41) is 1.31. The molecule has 0 saturated heterocycles. The molecular formula is C5H5Cl2N. The Bertz CT molecular complexity index is 173. The lowest BCUT2D eigenvalue weighted by molar-refractivity contribution is 1.39. The summed E-state index contributed by atoms with van der Waals surface area (Å²) in [6.45, 7) is 1.86. The van der Waals surface area contributed by atoms with Crippen molar-refractivity contribution in [1.29, 1.82) is 0 Å². The minimum Gasteiger partial charge on any atom is -0.351 e. The molecular weight excluding hydrogens is 145 g/mol. The summed E-state index contributed by atoms with van der Waals surface area (Å²) < 4.78 is 0. The van der Waals surface area contributed by atoms with E-state index in [2.05, 4.69) is 4.98 Å². The molecule has 0 bridgehead atoms. The quantitative estimate of drug-likeness (QED) is 0.585. The average Bonchev–Trinajstić information content (AvgIpc) is 1.98. The maximum Gasteiger partial charge on any atom is 0.110 e. The van der Waals surface area contributed by atoms with E-state index in [-0.39, 0.29) is 0 Å². The fraction of sp³-hybridized carbons (Fsp3) is 0.200. The van der Waals surface area contributed by atoms with Crippen LogP contribution in [-0.2, 0) is 0 Å². The van der Waals surface area contributed by atoms with Crippen molar-refractivity contribution in [1.82, 2.24) is 4.98 Å². The fourth-order valence-electron chi connectivity index (χ4n) is 0.448. The Morgan fingerprint density at radius 1 is 1.50 bits per heavy atom. The monoisotopic (exact) mass is 149 g/mol. The van der Waals surface area contributed by atoms with Crippen LogP contribution in [0.5, 0.6) is 0 Å². The Labute approximate surface area is 57.6 Å². The molecule has 1 aromatic heterocycles. The van der Waals surface area contributed by atoms with Gasteiger partial charge in [0.05, 0.1) is 5.02 Å². The van der Waals surface area contributed by atoms with Crippen molar-refractivity contribution in [2.45, 2.75) is 6.92 Å². The molecule has 0 aliphatic heterocycles. The van der Waals surface area contributed by atoms with E-state index in [9.17, 15) is 0 Å². The van der Waals surface area contributed by atoms with E-state index in [1.807, 2.05) is 6.92 Å². The first kappa shape index (κ1) is 5.99. The molecule has 1 nitrogen and oxygen atoms in total. The van der Waals surface area contributed by atoms with Crippen LogP contribution >= 0.6 is 23.2 Å². The molecule has 0 saturated carbocycles. The second-order valence-corrected chi connectivity index (χ2v) is 2.36. The van der Waals surface area contributed by atoms with E-state index >= 15 is 0 Å². The van der Waals surface area contributed by atoms with Crippen molar-refractivity contribution >= 4 is 23.2 Å². The highest BCUT2D eigenvalue weighted by atomic mass is 35.5. The highest BCUT2D eigenvalue weighted by Crippen LogP contribution is 2.21. The zero-order valence-corrected chi connectivity index (χ0v) is 5.85. The van der Waals surface area contributed by atoms with Crippen molar-refractivity contribution in [2.75, 3.05) is 0 Å². The van der Waals surface area contributed by atoms with E-state index in [1.165, 1.54) is 0 Å². The van der Waals surface area contributed by atoms with Crippen molar-refractivity contribution < 1.29 is 0 Å². The third kappa shape index (κ3) is 0.837. The van der Waals surface area contributed by atoms with Gasteiger partial charge in [0, 0.05) is 11.8 Å². The summed E-state index contributed by atoms with van der Waals surface area (Å²) >= 11 is 11.2. The maximum absolute atomic E-state index is 5.61. The molecule has 0 amide bonds. The molecule has 3 heteroatoms. The van der Waals surface area contributed by atoms with E-state index in [1.54, 1.807) is 6.20 Å². The molecule has 0 radical (unpaired) electrons. The number of hydrogen-bond donors (Lipinski definition) is 1. The molecule has 0 aromatic carbocycles. The first-order valence-electron chi connectivity index (χ1n) is 2.21. The molecule has 8 heavy (non-hydrogen) atoms. The summed E-state index contributed by atoms with van der Waals surface area (Å²) in [5.74, 6) is 0. The van der Waals surface area contributed by atoms with Crippen LogP contribution in [0.3, 0.4) is 0 Å². The molecule has 0 spiro atoms. The summed E-state index contributed by atoms with van der Waals surface area (Å²) in [6.07, 6.45) is 1.67. The van der Waals surface area contributed by atoms with Crippen molar-refractivity contribution in [3.8, 4) is 0 Å². The second-order valence-electron chi connectivity index (χ2n) is 1.58. The van der Waals surface area contributed by atoms with Gasteiger partial charge in [-0.25, -0.2) is 0 Å². The molecule has 0 unspecified atom stereocenters. The van der Waals surface area contributed by atoms with Gasteiger partial charge in [-0.05, 0) is 6.92 Å². The summed E-state index contributed by atoms with van der Waals surface area (Å²) in [4.78, 5) is 2.77. The van der Waals surface area contributed by atoms with E-state index < -0.39 is 0 Å². The first-order chi connectivity index (χ1) is 3.72. The van der Waals surface area contributed by atoms with Gasteiger partial charge in [-0.3, -0.25) is 0 Å². The number of H-pyrrole nitrogens is 1. The molecule has 1 heterocycles. The number of hydrogen-bond acceptors (Lipinski definition) is 0. The average molecular weight is 150 g/mol. The lowest BCUT2D eigenvalue weighted by Crippen LogP contribution is -1.63. The minimum atomic E-state index is 0.620. The third-order valence-electron chi connectivity index (χ3n) is 1.01. The van der Waals surface area contributed by atoms with Crippen molar-refractivity contribution in [3.63, 3.8) is 0 Å². The van der Waals surface area contributed by atoms with Gasteiger partial charge < -0.3 is 4.98 Å². The van der Waals surface area contributed by atoms with Gasteiger partial charge in [0.15, 0.2) is 0 Å². The van der Waals surface area contributed by atoms with Gasteiger partial charge in [0.2, 0.25) is 0 Å². The summed E-state index contributed by atoms with van der Waals surface area (Å²) in [5.41, 5.74) is 0.910. The molecule has 0 aliphatic rings. The maximum atomic E-state index is 5.61. The summed E-state index contributed by atoms with van der Waals surface area (Å²) in [7, 11) is 0. The highest BCUT2D eigenvalue weighted by Gasteiger charge is 1.98. The predicted molar refractivity (Wildman–Crippen MR) is 35.5 cm³/mol. The topological polar surface area (TPSA) is 15.8 Å². The molecule has 44 valence electrons. The Kier molecular flexibility index (Phi) is 1.49. The van der Waals surface area contributed by atoms with Crippen LogP contribution in [0.1, 0.15) is 5.56 Å². The fourth-order valence-corrected chi connectivity index (χ4v) is 0.802. The van der Waals surface area contributed by atoms with E-state index in [4.69, 9.17) is 23.2 Å². The zero-order chi connectivity index (χ0) is 6.15. The van der Waals surface area contributed by atoms with Gasteiger partial charge in [0.1, 0.15) is 5.15 Å². The zero-order valence-electron chi connectivity index (χ0n) is 4.33. The van der Waals surface area contributed by atoms with Crippen LogP contribution in [0.2, 0.25) is 10.2 Å². The smallest absolute Gasteiger partial charge is 0.110 e. The molecule has 1 aromatic rings. The highest BCUT2D eigenvalue weighted by molar-refractivity contribution is 6.35. The lowest BCUT2D eigenvalue weighted by atomic mass is 10.4. The van der Waals surface area contributed by atoms with Crippen molar-refractivity contribution in [2.24, 2.45) is 0 Å². The molecule has 0 fully saturated rings. The lowest BCUT2D eigenvalue weighted by Gasteiger charge is -1.82. The number of aromatic nitrogens is 1. The van der Waals surface area contributed by atoms with Gasteiger partial charge in [-0.15, -0.1) is 0 Å². The second kappa shape index (κ2) is 2.00. The van der Waals surface area contributed by atoms with Crippen LogP contribution < -0.4 is 0 Å². The van der Waals surface area contributed by atoms with E-state index in [0.29, 0.717) is 10.2 Å². The van der Waals surface area contributed by atoms with Gasteiger partial charge in [0.25, 0.3) is 0 Å². The molecule has 0 aliphatic carbocycles. The van der Waals surface area contributed by atoms with Crippen LogP contribution in [0.4, 0.5) is 0 Å². The molecule has 0 atom stereocenters. The number of halogens is 2. The molecule has 1 N–H and O–H groups in total. The van der Waals surface area contributed by atoms with Crippen LogP contribution in [0, 0.1) is 6.92 Å². The standard InChI is InChI=1S/C5H5Cl2N/c1-3-4(6)2-8-5(3)7/h2,8H,1H3. The molecule has 1 rings (SSSR count). The summed E-state index contributed by atoms with van der Waals surface area (Å²) in [6, 6.07) is 0. The SMILES string of the molecule is Cc1c(Cl)c[nH]c1Cl. The largest absolute Gasteiger partial charge is 0.351 e. The Balaban J connectivity index is 3.19. The van der Waals surface area contributed by atoms with E-state index in [0.717, 1.165) is 5.56 Å². The first-order valence-corrected chi connectivity index (χ1v) is 2.96. The minimum absolute atomic E-state index is 0.620. The van der Waals surface area contributed by atoms with Crippen LogP contribution in [0.25, 0.3) is 0 Å². The van der Waals surface area contributed by atoms with Gasteiger partial charge >= 0.3 is 0 Å². The Morgan fingerprint density at radius 2 is 2.12 bits per heavy atom. The number of rotatable bonds is 0. The van der Waals surface area contributed by atoms with Crippen LogP contribution in [0.15, 0.2) is 6.20 Å². The Hall–Kier alpha value is -0.140. The normalized spacial score (nSPS) is 9.88. The van der Waals surface area contributed by atoms with Crippen LogP contribution in [-0.4, -0.2) is 4.98 Å².